The van der Waals surface area contributed by atoms with Crippen LogP contribution in [0.5, 0.6) is 0 Å². The van der Waals surface area contributed by atoms with Crippen LogP contribution in [0.2, 0.25) is 0 Å². The number of rotatable bonds is 3. The van der Waals surface area contributed by atoms with Gasteiger partial charge in [-0.25, -0.2) is 0 Å². The Bertz CT molecular complexity index is 592. The Morgan fingerprint density at radius 1 is 1.39 bits per heavy atom. The van der Waals surface area contributed by atoms with Crippen LogP contribution in [0.25, 0.3) is 0 Å². The third kappa shape index (κ3) is 4.40. The van der Waals surface area contributed by atoms with Crippen molar-refractivity contribution in [2.24, 2.45) is 0 Å². The monoisotopic (exact) mass is 346 g/mol. The molecule has 4 nitrogen and oxygen atoms in total. The van der Waals surface area contributed by atoms with Gasteiger partial charge < -0.3 is 10.2 Å². The van der Waals surface area contributed by atoms with Gasteiger partial charge in [-0.3, -0.25) is 9.59 Å². The quantitative estimate of drug-likeness (QED) is 0.856. The van der Waals surface area contributed by atoms with Crippen molar-refractivity contribution in [3.63, 3.8) is 0 Å². The molecule has 1 aliphatic rings. The lowest BCUT2D eigenvalue weighted by atomic mass is 10.0. The van der Waals surface area contributed by atoms with Gasteiger partial charge in [0.15, 0.2) is 0 Å². The highest BCUT2D eigenvalue weighted by atomic mass is 32.2. The van der Waals surface area contributed by atoms with Crippen LogP contribution in [0.3, 0.4) is 0 Å². The topological polar surface area (TPSA) is 49.4 Å². The van der Waals surface area contributed by atoms with Crippen molar-refractivity contribution < 1.29 is 22.8 Å². The van der Waals surface area contributed by atoms with Crippen LogP contribution >= 0.6 is 11.8 Å². The lowest BCUT2D eigenvalue weighted by Crippen LogP contribution is -2.42. The Balaban J connectivity index is 2.24. The Morgan fingerprint density at radius 2 is 2.13 bits per heavy atom. The van der Waals surface area contributed by atoms with Crippen molar-refractivity contribution in [2.45, 2.75) is 18.6 Å². The van der Waals surface area contributed by atoms with Crippen molar-refractivity contribution in [3.05, 3.63) is 35.4 Å². The highest BCUT2D eigenvalue weighted by molar-refractivity contribution is 7.99. The Morgan fingerprint density at radius 3 is 2.78 bits per heavy atom. The number of nitrogens with one attached hydrogen (secondary N) is 1. The molecule has 1 unspecified atom stereocenters. The molecule has 126 valence electrons. The molecule has 1 atom stereocenters. The summed E-state index contributed by atoms with van der Waals surface area (Å²) in [5.74, 6) is 0.443. The zero-order valence-corrected chi connectivity index (χ0v) is 13.3. The largest absolute Gasteiger partial charge is 0.416 e. The minimum Gasteiger partial charge on any atom is -0.359 e. The predicted molar refractivity (Wildman–Crippen MR) is 81.9 cm³/mol. The van der Waals surface area contributed by atoms with Crippen molar-refractivity contribution in [1.82, 2.24) is 10.2 Å². The first kappa shape index (κ1) is 17.7. The summed E-state index contributed by atoms with van der Waals surface area (Å²) in [6.07, 6.45) is -4.72. The Kier molecular flexibility index (Phi) is 5.56. The molecule has 0 aromatic heterocycles. The first-order chi connectivity index (χ1) is 10.8. The molecule has 0 radical (unpaired) electrons. The number of benzene rings is 1. The number of hydrogen-bond acceptors (Lipinski definition) is 3. The van der Waals surface area contributed by atoms with E-state index in [1.54, 1.807) is 17.8 Å². The summed E-state index contributed by atoms with van der Waals surface area (Å²) in [5, 5.41) is 2.38. The second kappa shape index (κ2) is 7.25. The number of amides is 2. The summed E-state index contributed by atoms with van der Waals surface area (Å²) >= 11 is 1.58. The van der Waals surface area contributed by atoms with Crippen molar-refractivity contribution in [3.8, 4) is 0 Å². The average molecular weight is 346 g/mol. The van der Waals surface area contributed by atoms with Gasteiger partial charge in [0.05, 0.1) is 11.6 Å². The molecule has 1 aromatic carbocycles. The van der Waals surface area contributed by atoms with Gasteiger partial charge in [-0.1, -0.05) is 12.1 Å². The van der Waals surface area contributed by atoms with Crippen LogP contribution in [0.4, 0.5) is 13.2 Å². The predicted octanol–water partition coefficient (Wildman–Crippen LogP) is 2.46. The molecule has 1 saturated heterocycles. The zero-order valence-electron chi connectivity index (χ0n) is 12.5. The highest BCUT2D eigenvalue weighted by Crippen LogP contribution is 2.34. The zero-order chi connectivity index (χ0) is 17.0. The van der Waals surface area contributed by atoms with Gasteiger partial charge in [-0.15, -0.1) is 0 Å². The lowest BCUT2D eigenvalue weighted by molar-refractivity contribution is -0.137. The summed E-state index contributed by atoms with van der Waals surface area (Å²) in [7, 11) is 1.44. The van der Waals surface area contributed by atoms with E-state index in [-0.39, 0.29) is 12.3 Å². The molecule has 1 N–H and O–H groups in total. The van der Waals surface area contributed by atoms with Gasteiger partial charge in [0.2, 0.25) is 11.8 Å². The molecule has 0 saturated carbocycles. The standard InChI is InChI=1S/C15H17F3N2O2S/c1-19-13(21)8-14(22)20-5-6-23-9-12(20)10-3-2-4-11(7-10)15(16,17)18/h2-4,7,12H,5-6,8-9H2,1H3,(H,19,21). The molecule has 0 spiro atoms. The minimum atomic E-state index is -4.42. The van der Waals surface area contributed by atoms with E-state index < -0.39 is 23.7 Å². The molecule has 0 bridgehead atoms. The van der Waals surface area contributed by atoms with E-state index in [0.29, 0.717) is 23.6 Å². The number of thioether (sulfide) groups is 1. The average Bonchev–Trinajstić information content (AvgIpc) is 2.54. The van der Waals surface area contributed by atoms with Crippen LogP contribution in [0.1, 0.15) is 23.6 Å². The SMILES string of the molecule is CNC(=O)CC(=O)N1CCSCC1c1cccc(C(F)(F)F)c1. The summed E-state index contributed by atoms with van der Waals surface area (Å²) < 4.78 is 38.6. The Labute approximate surface area is 136 Å². The van der Waals surface area contributed by atoms with Crippen molar-refractivity contribution in [1.29, 1.82) is 0 Å². The van der Waals surface area contributed by atoms with Crippen molar-refractivity contribution >= 4 is 23.6 Å². The molecule has 8 heteroatoms. The molecule has 2 amide bonds. The summed E-state index contributed by atoms with van der Waals surface area (Å²) in [4.78, 5) is 25.1. The van der Waals surface area contributed by atoms with E-state index in [4.69, 9.17) is 0 Å². The molecule has 23 heavy (non-hydrogen) atoms. The first-order valence-electron chi connectivity index (χ1n) is 7.08. The molecule has 0 aliphatic carbocycles. The van der Waals surface area contributed by atoms with E-state index >= 15 is 0 Å². The highest BCUT2D eigenvalue weighted by Gasteiger charge is 2.33. The lowest BCUT2D eigenvalue weighted by Gasteiger charge is -2.36. The van der Waals surface area contributed by atoms with Gasteiger partial charge >= 0.3 is 6.18 Å². The molecule has 1 aromatic rings. The van der Waals surface area contributed by atoms with Gasteiger partial charge in [-0.05, 0) is 17.7 Å². The van der Waals surface area contributed by atoms with E-state index in [2.05, 4.69) is 5.32 Å². The molecule has 1 heterocycles. The summed E-state index contributed by atoms with van der Waals surface area (Å²) in [6, 6.07) is 4.57. The first-order valence-corrected chi connectivity index (χ1v) is 8.23. The second-order valence-electron chi connectivity index (χ2n) is 5.15. The fourth-order valence-corrected chi connectivity index (χ4v) is 3.52. The number of halogens is 3. The van der Waals surface area contributed by atoms with E-state index in [9.17, 15) is 22.8 Å². The van der Waals surface area contributed by atoms with E-state index in [1.807, 2.05) is 0 Å². The van der Waals surface area contributed by atoms with Gasteiger partial charge in [0, 0.05) is 25.1 Å². The van der Waals surface area contributed by atoms with E-state index in [0.717, 1.165) is 12.1 Å². The molecule has 2 rings (SSSR count). The molecular formula is C15H17F3N2O2S. The smallest absolute Gasteiger partial charge is 0.359 e. The maximum absolute atomic E-state index is 12.9. The fourth-order valence-electron chi connectivity index (χ4n) is 2.43. The number of alkyl halides is 3. The molecule has 1 fully saturated rings. The van der Waals surface area contributed by atoms with Crippen LogP contribution in [-0.2, 0) is 15.8 Å². The third-order valence-electron chi connectivity index (χ3n) is 3.64. The van der Waals surface area contributed by atoms with Crippen LogP contribution in [-0.4, -0.2) is 41.8 Å². The van der Waals surface area contributed by atoms with Gasteiger partial charge in [0.25, 0.3) is 0 Å². The van der Waals surface area contributed by atoms with Crippen molar-refractivity contribution in [2.75, 3.05) is 25.1 Å². The van der Waals surface area contributed by atoms with Gasteiger partial charge in [-0.2, -0.15) is 24.9 Å². The summed E-state index contributed by atoms with van der Waals surface area (Å²) in [6.45, 7) is 0.418. The normalized spacial score (nSPS) is 18.6. The Hall–Kier alpha value is -1.70. The van der Waals surface area contributed by atoms with Crippen LogP contribution < -0.4 is 5.32 Å². The number of hydrogen-bond donors (Lipinski definition) is 1. The summed E-state index contributed by atoms with van der Waals surface area (Å²) in [5.41, 5.74) is -0.290. The maximum atomic E-state index is 12.9. The van der Waals surface area contributed by atoms with Gasteiger partial charge in [0.1, 0.15) is 6.42 Å². The van der Waals surface area contributed by atoms with Crippen LogP contribution in [0.15, 0.2) is 24.3 Å². The number of carbonyl (C=O) groups is 2. The van der Waals surface area contributed by atoms with Crippen LogP contribution in [0, 0.1) is 0 Å². The number of nitrogens with zero attached hydrogens (tertiary/aromatic N) is 1. The van der Waals surface area contributed by atoms with E-state index in [1.165, 1.54) is 18.0 Å². The fraction of sp³-hybridized carbons (Fsp3) is 0.467. The minimum absolute atomic E-state index is 0.295. The maximum Gasteiger partial charge on any atom is 0.416 e. The number of carbonyl (C=O) groups excluding carboxylic acids is 2. The second-order valence-corrected chi connectivity index (χ2v) is 6.30. The third-order valence-corrected chi connectivity index (χ3v) is 4.66. The molecule has 1 aliphatic heterocycles. The molecular weight excluding hydrogens is 329 g/mol.